The van der Waals surface area contributed by atoms with Gasteiger partial charge in [0.2, 0.25) is 0 Å². The van der Waals surface area contributed by atoms with Crippen molar-refractivity contribution < 1.29 is 38.1 Å². The summed E-state index contributed by atoms with van der Waals surface area (Å²) in [6.45, 7) is 5.63. The number of ether oxygens (including phenoxy) is 4. The molecule has 10 heteroatoms. The Hall–Kier alpha value is -3.50. The fourth-order valence-corrected chi connectivity index (χ4v) is 5.00. The van der Waals surface area contributed by atoms with E-state index in [9.17, 15) is 19.2 Å². The molecule has 1 aliphatic rings. The monoisotopic (exact) mass is 585 g/mol. The van der Waals surface area contributed by atoms with Crippen molar-refractivity contribution in [3.63, 3.8) is 0 Å². The summed E-state index contributed by atoms with van der Waals surface area (Å²) in [5, 5.41) is 0.719. The van der Waals surface area contributed by atoms with E-state index in [2.05, 4.69) is 15.9 Å². The highest BCUT2D eigenvalue weighted by Gasteiger charge is 2.45. The first-order chi connectivity index (χ1) is 18.0. The van der Waals surface area contributed by atoms with Crippen LogP contribution < -0.4 is 0 Å². The Kier molecular flexibility index (Phi) is 8.32. The van der Waals surface area contributed by atoms with Crippen molar-refractivity contribution in [1.29, 1.82) is 0 Å². The third-order valence-corrected chi connectivity index (χ3v) is 6.79. The van der Waals surface area contributed by atoms with Gasteiger partial charge in [-0.05, 0) is 42.8 Å². The summed E-state index contributed by atoms with van der Waals surface area (Å²) in [6.07, 6.45) is -1.71. The topological polar surface area (TPSA) is 110 Å². The third-order valence-electron chi connectivity index (χ3n) is 6.26. The average Bonchev–Trinajstić information content (AvgIpc) is 3.24. The molecular weight excluding hydrogens is 558 g/mol. The van der Waals surface area contributed by atoms with Crippen LogP contribution in [0.2, 0.25) is 0 Å². The van der Waals surface area contributed by atoms with Crippen LogP contribution in [0, 0.1) is 6.92 Å². The van der Waals surface area contributed by atoms with Gasteiger partial charge >= 0.3 is 17.9 Å². The molecule has 0 amide bonds. The average molecular weight is 586 g/mol. The van der Waals surface area contributed by atoms with Crippen LogP contribution in [0.5, 0.6) is 0 Å². The first kappa shape index (κ1) is 27.5. The van der Waals surface area contributed by atoms with E-state index in [1.807, 2.05) is 25.1 Å². The highest BCUT2D eigenvalue weighted by molar-refractivity contribution is 9.10. The Morgan fingerprint density at radius 1 is 0.974 bits per heavy atom. The molecule has 0 radical (unpaired) electrons. The number of rotatable bonds is 7. The quantitative estimate of drug-likeness (QED) is 0.224. The molecular formula is C28H28BrNO8. The van der Waals surface area contributed by atoms with Gasteiger partial charge in [0.15, 0.2) is 18.1 Å². The number of carbonyl (C=O) groups is 4. The molecule has 3 aromatic rings. The zero-order valence-electron chi connectivity index (χ0n) is 21.4. The summed E-state index contributed by atoms with van der Waals surface area (Å²) in [6, 6.07) is 12.7. The summed E-state index contributed by atoms with van der Waals surface area (Å²) in [4.78, 5) is 49.2. The molecule has 2 aromatic carbocycles. The Labute approximate surface area is 228 Å². The number of fused-ring (bicyclic) bond motifs is 1. The SMILES string of the molecule is CC(=O)OCC1CC(OC(C)=O)C(OC(C)=O)C(n2cc(C(=O)c3ccc(Br)cc3)c3c(C)cccc32)O1. The predicted octanol–water partition coefficient (Wildman–Crippen LogP) is 4.66. The summed E-state index contributed by atoms with van der Waals surface area (Å²) >= 11 is 3.39. The molecule has 0 aliphatic carbocycles. The zero-order valence-corrected chi connectivity index (χ0v) is 23.0. The third kappa shape index (κ3) is 5.97. The van der Waals surface area contributed by atoms with Crippen molar-refractivity contribution in [3.8, 4) is 0 Å². The molecule has 4 atom stereocenters. The lowest BCUT2D eigenvalue weighted by atomic mass is 10.00. The molecule has 9 nitrogen and oxygen atoms in total. The number of nitrogens with zero attached hydrogens (tertiary/aromatic N) is 1. The van der Waals surface area contributed by atoms with Crippen molar-refractivity contribution in [3.05, 3.63) is 69.8 Å². The minimum absolute atomic E-state index is 0.0840. The Morgan fingerprint density at radius 2 is 1.66 bits per heavy atom. The van der Waals surface area contributed by atoms with Crippen molar-refractivity contribution in [2.45, 2.75) is 58.7 Å². The van der Waals surface area contributed by atoms with Crippen LogP contribution >= 0.6 is 15.9 Å². The van der Waals surface area contributed by atoms with Gasteiger partial charge in [0.25, 0.3) is 0 Å². The van der Waals surface area contributed by atoms with E-state index in [4.69, 9.17) is 18.9 Å². The van der Waals surface area contributed by atoms with Gasteiger partial charge in [0.1, 0.15) is 12.7 Å². The van der Waals surface area contributed by atoms with E-state index < -0.39 is 42.4 Å². The highest BCUT2D eigenvalue weighted by atomic mass is 79.9. The van der Waals surface area contributed by atoms with Gasteiger partial charge < -0.3 is 23.5 Å². The molecule has 1 saturated heterocycles. The van der Waals surface area contributed by atoms with Crippen LogP contribution in [0.1, 0.15) is 54.9 Å². The molecule has 0 spiro atoms. The number of hydrogen-bond donors (Lipinski definition) is 0. The second kappa shape index (κ2) is 11.5. The van der Waals surface area contributed by atoms with Gasteiger partial charge in [-0.1, -0.05) is 28.1 Å². The minimum atomic E-state index is -1.02. The molecule has 0 bridgehead atoms. The summed E-state index contributed by atoms with van der Waals surface area (Å²) in [7, 11) is 0. The number of hydrogen-bond acceptors (Lipinski definition) is 8. The maximum absolute atomic E-state index is 13.6. The van der Waals surface area contributed by atoms with E-state index in [-0.39, 0.29) is 18.8 Å². The van der Waals surface area contributed by atoms with Gasteiger partial charge in [0.05, 0.1) is 11.6 Å². The maximum Gasteiger partial charge on any atom is 0.303 e. The van der Waals surface area contributed by atoms with Gasteiger partial charge in [-0.3, -0.25) is 19.2 Å². The molecule has 1 aliphatic heterocycles. The molecule has 38 heavy (non-hydrogen) atoms. The van der Waals surface area contributed by atoms with E-state index >= 15 is 0 Å². The van der Waals surface area contributed by atoms with Gasteiger partial charge in [-0.25, -0.2) is 0 Å². The highest BCUT2D eigenvalue weighted by Crippen LogP contribution is 2.37. The number of benzene rings is 2. The van der Waals surface area contributed by atoms with Gasteiger partial charge in [0, 0.05) is 54.4 Å². The number of ketones is 1. The molecule has 1 fully saturated rings. The lowest BCUT2D eigenvalue weighted by Crippen LogP contribution is -2.50. The molecule has 0 N–H and O–H groups in total. The summed E-state index contributed by atoms with van der Waals surface area (Å²) < 4.78 is 25.2. The number of carbonyl (C=O) groups excluding carboxylic acids is 4. The van der Waals surface area contributed by atoms with Crippen LogP contribution in [0.15, 0.2) is 53.1 Å². The fraction of sp³-hybridized carbons (Fsp3) is 0.357. The second-order valence-corrected chi connectivity index (χ2v) is 10.1. The molecule has 200 valence electrons. The lowest BCUT2D eigenvalue weighted by molar-refractivity contribution is -0.229. The lowest BCUT2D eigenvalue weighted by Gasteiger charge is -2.41. The van der Waals surface area contributed by atoms with Crippen LogP contribution in [-0.2, 0) is 33.3 Å². The van der Waals surface area contributed by atoms with Gasteiger partial charge in [-0.2, -0.15) is 0 Å². The number of aryl methyl sites for hydroxylation is 1. The molecule has 2 heterocycles. The predicted molar refractivity (Wildman–Crippen MR) is 141 cm³/mol. The number of esters is 3. The van der Waals surface area contributed by atoms with Gasteiger partial charge in [-0.15, -0.1) is 0 Å². The summed E-state index contributed by atoms with van der Waals surface area (Å²) in [5.41, 5.74) is 2.48. The van der Waals surface area contributed by atoms with E-state index in [1.165, 1.54) is 20.8 Å². The van der Waals surface area contributed by atoms with Crippen LogP contribution in [-0.4, -0.2) is 53.2 Å². The van der Waals surface area contributed by atoms with Crippen molar-refractivity contribution in [1.82, 2.24) is 4.57 Å². The molecule has 4 rings (SSSR count). The first-order valence-corrected chi connectivity index (χ1v) is 12.9. The second-order valence-electron chi connectivity index (χ2n) is 9.16. The molecule has 4 unspecified atom stereocenters. The van der Waals surface area contributed by atoms with E-state index in [0.29, 0.717) is 16.6 Å². The largest absolute Gasteiger partial charge is 0.463 e. The molecule has 0 saturated carbocycles. The Morgan fingerprint density at radius 3 is 2.29 bits per heavy atom. The number of aromatic nitrogens is 1. The van der Waals surface area contributed by atoms with Crippen molar-refractivity contribution in [2.75, 3.05) is 6.61 Å². The minimum Gasteiger partial charge on any atom is -0.463 e. The molecule has 1 aromatic heterocycles. The Bertz CT molecular complexity index is 1380. The van der Waals surface area contributed by atoms with E-state index in [0.717, 1.165) is 15.4 Å². The standard InChI is InChI=1S/C28H28BrNO8/c1-15-6-5-7-23-25(15)22(26(34)19-8-10-20(29)11-9-19)13-30(23)28-27(37-18(4)33)24(36-17(3)32)12-21(38-28)14-35-16(2)31/h5-11,13,21,24,27-28H,12,14H2,1-4H3. The van der Waals surface area contributed by atoms with Crippen LogP contribution in [0.25, 0.3) is 10.9 Å². The first-order valence-electron chi connectivity index (χ1n) is 12.1. The Balaban J connectivity index is 1.85. The fourth-order valence-electron chi connectivity index (χ4n) is 4.73. The van der Waals surface area contributed by atoms with Crippen molar-refractivity contribution in [2.24, 2.45) is 0 Å². The smallest absolute Gasteiger partial charge is 0.303 e. The zero-order chi connectivity index (χ0) is 27.6. The van der Waals surface area contributed by atoms with Crippen LogP contribution in [0.3, 0.4) is 0 Å². The number of halogens is 1. The maximum atomic E-state index is 13.6. The van der Waals surface area contributed by atoms with E-state index in [1.54, 1.807) is 35.0 Å². The van der Waals surface area contributed by atoms with Crippen molar-refractivity contribution >= 4 is 50.5 Å². The summed E-state index contributed by atoms with van der Waals surface area (Å²) in [5.74, 6) is -1.82. The normalized spacial score (nSPS) is 21.1. The van der Waals surface area contributed by atoms with Crippen LogP contribution in [0.4, 0.5) is 0 Å².